The zero-order valence-electron chi connectivity index (χ0n) is 15.2. The highest BCUT2D eigenvalue weighted by Gasteiger charge is 2.34. The average Bonchev–Trinajstić information content (AvgIpc) is 2.66. The number of rotatable bonds is 5. The molecule has 0 aliphatic rings. The summed E-state index contributed by atoms with van der Waals surface area (Å²) in [4.78, 5) is 21.1. The minimum atomic E-state index is -4.65. The molecule has 0 spiro atoms. The molecule has 0 bridgehead atoms. The first-order valence-electron chi connectivity index (χ1n) is 8.43. The molecule has 0 aliphatic carbocycles. The summed E-state index contributed by atoms with van der Waals surface area (Å²) in [6.07, 6.45) is -4.65. The second kappa shape index (κ2) is 8.80. The minimum absolute atomic E-state index is 0.0498. The smallest absolute Gasteiger partial charge is 0.383 e. The Morgan fingerprint density at radius 2 is 1.67 bits per heavy atom. The van der Waals surface area contributed by atoms with Crippen molar-refractivity contribution in [3.05, 3.63) is 70.7 Å². The zero-order chi connectivity index (χ0) is 21.9. The highest BCUT2D eigenvalue weighted by molar-refractivity contribution is 8.00. The van der Waals surface area contributed by atoms with Gasteiger partial charge >= 0.3 is 6.18 Å². The van der Waals surface area contributed by atoms with Gasteiger partial charge in [0.25, 0.3) is 0 Å². The van der Waals surface area contributed by atoms with E-state index >= 15 is 0 Å². The van der Waals surface area contributed by atoms with E-state index in [-0.39, 0.29) is 22.5 Å². The highest BCUT2D eigenvalue weighted by atomic mass is 35.5. The molecule has 2 aromatic carbocycles. The van der Waals surface area contributed by atoms with Gasteiger partial charge in [0, 0.05) is 11.8 Å². The zero-order valence-corrected chi connectivity index (χ0v) is 16.7. The van der Waals surface area contributed by atoms with Crippen LogP contribution in [0.15, 0.2) is 59.8 Å². The molecule has 156 valence electrons. The minimum Gasteiger partial charge on any atom is -0.383 e. The number of nitrogens with one attached hydrogen (secondary N) is 1. The number of nitrogen functional groups attached to an aromatic ring is 2. The third-order valence-electron chi connectivity index (χ3n) is 3.85. The molecule has 1 atom stereocenters. The van der Waals surface area contributed by atoms with Gasteiger partial charge in [0.1, 0.15) is 16.9 Å². The van der Waals surface area contributed by atoms with Crippen LogP contribution in [0.5, 0.6) is 0 Å². The third kappa shape index (κ3) is 5.33. The van der Waals surface area contributed by atoms with Crippen molar-refractivity contribution in [3.8, 4) is 0 Å². The molecular weight excluding hydrogens is 439 g/mol. The number of thioether (sulfide) groups is 1. The Morgan fingerprint density at radius 3 is 2.27 bits per heavy atom. The molecule has 1 amide bonds. The van der Waals surface area contributed by atoms with Gasteiger partial charge in [-0.25, -0.2) is 9.97 Å². The normalized spacial score (nSPS) is 12.4. The van der Waals surface area contributed by atoms with E-state index in [0.29, 0.717) is 5.56 Å². The van der Waals surface area contributed by atoms with Crippen LogP contribution < -0.4 is 16.8 Å². The van der Waals surface area contributed by atoms with Crippen LogP contribution in [0.25, 0.3) is 0 Å². The molecule has 1 heterocycles. The lowest BCUT2D eigenvalue weighted by molar-refractivity contribution is -0.137. The molecule has 1 aromatic heterocycles. The lowest BCUT2D eigenvalue weighted by Crippen LogP contribution is -2.20. The first-order valence-corrected chi connectivity index (χ1v) is 9.68. The number of hydrogen-bond donors (Lipinski definition) is 3. The SMILES string of the molecule is Nc1cc(N)nc(S[C@@H](C(=O)Nc2ccc(Cl)c(C(F)(F)F)c2)c2ccccc2)n1. The van der Waals surface area contributed by atoms with Crippen LogP contribution in [-0.2, 0) is 11.0 Å². The van der Waals surface area contributed by atoms with Gasteiger partial charge in [-0.3, -0.25) is 4.79 Å². The van der Waals surface area contributed by atoms with Crippen LogP contribution in [0.1, 0.15) is 16.4 Å². The summed E-state index contributed by atoms with van der Waals surface area (Å²) in [6.45, 7) is 0. The first kappa shape index (κ1) is 21.7. The Hall–Kier alpha value is -2.98. The van der Waals surface area contributed by atoms with Crippen LogP contribution in [0.4, 0.5) is 30.5 Å². The van der Waals surface area contributed by atoms with E-state index in [0.717, 1.165) is 23.9 Å². The number of anilines is 3. The summed E-state index contributed by atoms with van der Waals surface area (Å²) < 4.78 is 39.3. The van der Waals surface area contributed by atoms with Crippen molar-refractivity contribution in [1.82, 2.24) is 9.97 Å². The number of nitrogens with two attached hydrogens (primary N) is 2. The van der Waals surface area contributed by atoms with Crippen molar-refractivity contribution in [1.29, 1.82) is 0 Å². The fourth-order valence-electron chi connectivity index (χ4n) is 2.55. The Labute approximate surface area is 178 Å². The van der Waals surface area contributed by atoms with Crippen molar-refractivity contribution < 1.29 is 18.0 Å². The monoisotopic (exact) mass is 453 g/mol. The number of carbonyl (C=O) groups excluding carboxylic acids is 1. The molecule has 30 heavy (non-hydrogen) atoms. The van der Waals surface area contributed by atoms with Crippen molar-refractivity contribution in [2.24, 2.45) is 0 Å². The van der Waals surface area contributed by atoms with Crippen molar-refractivity contribution >= 4 is 46.6 Å². The Kier molecular flexibility index (Phi) is 6.37. The fraction of sp³-hybridized carbons (Fsp3) is 0.105. The van der Waals surface area contributed by atoms with E-state index in [4.69, 9.17) is 23.1 Å². The molecule has 0 fully saturated rings. The van der Waals surface area contributed by atoms with Gasteiger partial charge in [0.15, 0.2) is 5.16 Å². The number of aromatic nitrogens is 2. The molecule has 0 radical (unpaired) electrons. The molecule has 0 saturated heterocycles. The first-order chi connectivity index (χ1) is 14.1. The van der Waals surface area contributed by atoms with Crippen LogP contribution >= 0.6 is 23.4 Å². The predicted octanol–water partition coefficient (Wildman–Crippen LogP) is 4.79. The molecule has 0 saturated carbocycles. The largest absolute Gasteiger partial charge is 0.417 e. The third-order valence-corrected chi connectivity index (χ3v) is 5.29. The van der Waals surface area contributed by atoms with Crippen LogP contribution in [0.2, 0.25) is 5.02 Å². The summed E-state index contributed by atoms with van der Waals surface area (Å²) in [7, 11) is 0. The standard InChI is InChI=1S/C19H15ClF3N5OS/c20-13-7-6-11(8-12(13)19(21,22)23)26-17(29)16(10-4-2-1-3-5-10)30-18-27-14(24)9-15(25)28-18/h1-9,16H,(H,26,29)(H4,24,25,27,28)/t16-/m1/s1. The van der Waals surface area contributed by atoms with Crippen LogP contribution in [0.3, 0.4) is 0 Å². The number of benzene rings is 2. The van der Waals surface area contributed by atoms with Gasteiger partial charge in [-0.2, -0.15) is 13.2 Å². The van der Waals surface area contributed by atoms with E-state index in [1.54, 1.807) is 30.3 Å². The lowest BCUT2D eigenvalue weighted by atomic mass is 10.1. The maximum absolute atomic E-state index is 13.1. The van der Waals surface area contributed by atoms with Crippen molar-refractivity contribution in [2.75, 3.05) is 16.8 Å². The molecule has 11 heteroatoms. The highest BCUT2D eigenvalue weighted by Crippen LogP contribution is 2.38. The maximum atomic E-state index is 13.1. The average molecular weight is 454 g/mol. The Bertz CT molecular complexity index is 1050. The van der Waals surface area contributed by atoms with Gasteiger partial charge in [0.2, 0.25) is 5.91 Å². The second-order valence-electron chi connectivity index (χ2n) is 6.09. The molecule has 6 nitrogen and oxygen atoms in total. The fourth-order valence-corrected chi connectivity index (χ4v) is 3.76. The number of alkyl halides is 3. The number of nitrogens with zero attached hydrogens (tertiary/aromatic N) is 2. The number of carbonyl (C=O) groups is 1. The van der Waals surface area contributed by atoms with Gasteiger partial charge in [-0.15, -0.1) is 0 Å². The van der Waals surface area contributed by atoms with Crippen molar-refractivity contribution in [3.63, 3.8) is 0 Å². The number of hydrogen-bond acceptors (Lipinski definition) is 6. The van der Waals surface area contributed by atoms with Gasteiger partial charge in [0.05, 0.1) is 10.6 Å². The van der Waals surface area contributed by atoms with Gasteiger partial charge < -0.3 is 16.8 Å². The Balaban J connectivity index is 1.91. The van der Waals surface area contributed by atoms with E-state index in [1.165, 1.54) is 12.1 Å². The summed E-state index contributed by atoms with van der Waals surface area (Å²) >= 11 is 6.60. The summed E-state index contributed by atoms with van der Waals surface area (Å²) in [5.74, 6) is -0.319. The summed E-state index contributed by atoms with van der Waals surface area (Å²) in [5.41, 5.74) is 10.9. The molecule has 3 rings (SSSR count). The molecule has 3 aromatic rings. The quantitative estimate of drug-likeness (QED) is 0.379. The molecule has 0 aliphatic heterocycles. The topological polar surface area (TPSA) is 107 Å². The second-order valence-corrected chi connectivity index (χ2v) is 7.57. The lowest BCUT2D eigenvalue weighted by Gasteiger charge is -2.17. The van der Waals surface area contributed by atoms with E-state index < -0.39 is 27.9 Å². The predicted molar refractivity (Wildman–Crippen MR) is 111 cm³/mol. The summed E-state index contributed by atoms with van der Waals surface area (Å²) in [5, 5.41) is 1.31. The van der Waals surface area contributed by atoms with Crippen LogP contribution in [0, 0.1) is 0 Å². The molecule has 5 N–H and O–H groups in total. The summed E-state index contributed by atoms with van der Waals surface area (Å²) in [6, 6.07) is 13.2. The Morgan fingerprint density at radius 1 is 1.03 bits per heavy atom. The van der Waals surface area contributed by atoms with E-state index in [1.807, 2.05) is 0 Å². The van der Waals surface area contributed by atoms with Crippen LogP contribution in [-0.4, -0.2) is 15.9 Å². The van der Waals surface area contributed by atoms with E-state index in [9.17, 15) is 18.0 Å². The maximum Gasteiger partial charge on any atom is 0.417 e. The number of amides is 1. The molecule has 0 unspecified atom stereocenters. The van der Waals surface area contributed by atoms with Gasteiger partial charge in [-0.05, 0) is 23.8 Å². The van der Waals surface area contributed by atoms with Crippen molar-refractivity contribution in [2.45, 2.75) is 16.6 Å². The van der Waals surface area contributed by atoms with Gasteiger partial charge in [-0.1, -0.05) is 53.7 Å². The number of halogens is 4. The molecular formula is C19H15ClF3N5OS. The van der Waals surface area contributed by atoms with E-state index in [2.05, 4.69) is 15.3 Å².